The highest BCUT2D eigenvalue weighted by Gasteiger charge is 2.18. The molecule has 1 aliphatic rings. The molecule has 0 aromatic carbocycles. The highest BCUT2D eigenvalue weighted by molar-refractivity contribution is 5.20. The average Bonchev–Trinajstić information content (AvgIpc) is 2.09. The Kier molecular flexibility index (Phi) is 3.90. The minimum Gasteiger partial charge on any atom is -0.315 e. The van der Waals surface area contributed by atoms with E-state index in [1.165, 1.54) is 5.56 Å². The summed E-state index contributed by atoms with van der Waals surface area (Å²) in [4.78, 5) is 4.25. The van der Waals surface area contributed by atoms with E-state index < -0.39 is 0 Å². The van der Waals surface area contributed by atoms with Crippen molar-refractivity contribution >= 4 is 0 Å². The quantitative estimate of drug-likeness (QED) is 0.712. The van der Waals surface area contributed by atoms with Crippen LogP contribution >= 0.6 is 0 Å². The van der Waals surface area contributed by atoms with Crippen LogP contribution in [0.2, 0.25) is 0 Å². The zero-order valence-electron chi connectivity index (χ0n) is 8.67. The molecule has 0 amide bonds. The maximum atomic E-state index is 4.25. The van der Waals surface area contributed by atoms with Crippen molar-refractivity contribution < 1.29 is 0 Å². The fraction of sp³-hybridized carbons (Fsp3) is 0.545. The number of pyridine rings is 1. The first-order valence-corrected chi connectivity index (χ1v) is 4.99. The van der Waals surface area contributed by atoms with Crippen molar-refractivity contribution in [3.63, 3.8) is 0 Å². The molecule has 72 valence electrons. The molecule has 1 fully saturated rings. The van der Waals surface area contributed by atoms with Crippen LogP contribution in [-0.4, -0.2) is 18.1 Å². The molecule has 2 rings (SSSR count). The van der Waals surface area contributed by atoms with Gasteiger partial charge in [0.25, 0.3) is 0 Å². The standard InChI is InChI=1S/C9H12N2.C2H6/c1-7-2-3-8(6-11-7)9-4-10-5-9;1-2/h2-3,6,9-10H,4-5H2,1H3;1-2H3. The Labute approximate surface area is 80.4 Å². The highest BCUT2D eigenvalue weighted by Crippen LogP contribution is 2.18. The lowest BCUT2D eigenvalue weighted by molar-refractivity contribution is 0.447. The van der Waals surface area contributed by atoms with Crippen LogP contribution in [0.1, 0.15) is 31.0 Å². The Morgan fingerprint density at radius 2 is 2.00 bits per heavy atom. The molecule has 13 heavy (non-hydrogen) atoms. The minimum absolute atomic E-state index is 0.711. The van der Waals surface area contributed by atoms with Crippen molar-refractivity contribution in [2.24, 2.45) is 0 Å². The predicted molar refractivity (Wildman–Crippen MR) is 55.9 cm³/mol. The van der Waals surface area contributed by atoms with Crippen LogP contribution in [0, 0.1) is 6.92 Å². The van der Waals surface area contributed by atoms with E-state index in [0.29, 0.717) is 5.92 Å². The third-order valence-corrected chi connectivity index (χ3v) is 2.19. The first kappa shape index (κ1) is 10.2. The number of nitrogens with one attached hydrogen (secondary N) is 1. The normalized spacial score (nSPS) is 15.6. The molecule has 1 saturated heterocycles. The molecule has 1 aromatic rings. The third-order valence-electron chi connectivity index (χ3n) is 2.19. The largest absolute Gasteiger partial charge is 0.315 e. The molecule has 0 atom stereocenters. The van der Waals surface area contributed by atoms with Gasteiger partial charge in [0.05, 0.1) is 0 Å². The van der Waals surface area contributed by atoms with Crippen molar-refractivity contribution in [3.05, 3.63) is 29.6 Å². The van der Waals surface area contributed by atoms with Crippen molar-refractivity contribution in [2.75, 3.05) is 13.1 Å². The van der Waals surface area contributed by atoms with Gasteiger partial charge < -0.3 is 5.32 Å². The van der Waals surface area contributed by atoms with E-state index in [2.05, 4.69) is 22.4 Å². The van der Waals surface area contributed by atoms with Gasteiger partial charge >= 0.3 is 0 Å². The van der Waals surface area contributed by atoms with E-state index in [4.69, 9.17) is 0 Å². The van der Waals surface area contributed by atoms with Gasteiger partial charge in [-0.2, -0.15) is 0 Å². The van der Waals surface area contributed by atoms with E-state index in [-0.39, 0.29) is 0 Å². The van der Waals surface area contributed by atoms with Crippen LogP contribution in [0.25, 0.3) is 0 Å². The van der Waals surface area contributed by atoms with E-state index in [1.54, 1.807) is 0 Å². The molecule has 0 saturated carbocycles. The maximum Gasteiger partial charge on any atom is 0.0372 e. The average molecular weight is 178 g/mol. The molecule has 0 radical (unpaired) electrons. The van der Waals surface area contributed by atoms with E-state index in [9.17, 15) is 0 Å². The van der Waals surface area contributed by atoms with Crippen molar-refractivity contribution in [1.82, 2.24) is 10.3 Å². The summed E-state index contributed by atoms with van der Waals surface area (Å²) >= 11 is 0. The lowest BCUT2D eigenvalue weighted by Crippen LogP contribution is -2.39. The van der Waals surface area contributed by atoms with Gasteiger partial charge in [-0.15, -0.1) is 0 Å². The number of rotatable bonds is 1. The molecule has 2 heteroatoms. The Morgan fingerprint density at radius 1 is 1.31 bits per heavy atom. The zero-order chi connectivity index (χ0) is 9.68. The lowest BCUT2D eigenvalue weighted by Gasteiger charge is -2.27. The summed E-state index contributed by atoms with van der Waals surface area (Å²) in [7, 11) is 0. The van der Waals surface area contributed by atoms with E-state index in [1.807, 2.05) is 27.0 Å². The van der Waals surface area contributed by atoms with E-state index in [0.717, 1.165) is 18.8 Å². The smallest absolute Gasteiger partial charge is 0.0372 e. The molecule has 0 aliphatic carbocycles. The monoisotopic (exact) mass is 178 g/mol. The highest BCUT2D eigenvalue weighted by atomic mass is 14.9. The fourth-order valence-corrected chi connectivity index (χ4v) is 1.25. The number of nitrogens with zero attached hydrogens (tertiary/aromatic N) is 1. The van der Waals surface area contributed by atoms with Crippen LogP contribution in [0.15, 0.2) is 18.3 Å². The molecule has 0 bridgehead atoms. The lowest BCUT2D eigenvalue weighted by atomic mass is 9.95. The maximum absolute atomic E-state index is 4.25. The molecule has 2 nitrogen and oxygen atoms in total. The predicted octanol–water partition coefficient (Wildman–Crippen LogP) is 2.10. The van der Waals surface area contributed by atoms with Gasteiger partial charge in [0.2, 0.25) is 0 Å². The summed E-state index contributed by atoms with van der Waals surface area (Å²) in [6, 6.07) is 4.25. The van der Waals surface area contributed by atoms with Crippen LogP contribution in [0.3, 0.4) is 0 Å². The second-order valence-electron chi connectivity index (χ2n) is 3.09. The summed E-state index contributed by atoms with van der Waals surface area (Å²) in [5.74, 6) is 0.711. The summed E-state index contributed by atoms with van der Waals surface area (Å²) in [6.45, 7) is 8.25. The van der Waals surface area contributed by atoms with Gasteiger partial charge in [0.15, 0.2) is 0 Å². The Bertz CT molecular complexity index is 237. The summed E-state index contributed by atoms with van der Waals surface area (Å²) < 4.78 is 0. The fourth-order valence-electron chi connectivity index (χ4n) is 1.25. The van der Waals surface area contributed by atoms with Crippen molar-refractivity contribution in [1.29, 1.82) is 0 Å². The van der Waals surface area contributed by atoms with Crippen LogP contribution in [0.5, 0.6) is 0 Å². The molecule has 1 aromatic heterocycles. The molecule has 1 N–H and O–H groups in total. The first-order chi connectivity index (χ1) is 6.36. The number of hydrogen-bond acceptors (Lipinski definition) is 2. The van der Waals surface area contributed by atoms with Crippen molar-refractivity contribution in [3.8, 4) is 0 Å². The SMILES string of the molecule is CC.Cc1ccc(C2CNC2)cn1. The van der Waals surface area contributed by atoms with Crippen molar-refractivity contribution in [2.45, 2.75) is 26.7 Å². The summed E-state index contributed by atoms with van der Waals surface area (Å²) in [5.41, 5.74) is 2.47. The second kappa shape index (κ2) is 4.97. The Morgan fingerprint density at radius 3 is 2.38 bits per heavy atom. The van der Waals surface area contributed by atoms with Gasteiger partial charge in [0.1, 0.15) is 0 Å². The van der Waals surface area contributed by atoms with Gasteiger partial charge in [-0.25, -0.2) is 0 Å². The third kappa shape index (κ3) is 2.52. The van der Waals surface area contributed by atoms with Gasteiger partial charge in [-0.3, -0.25) is 4.98 Å². The molecule has 0 spiro atoms. The number of aromatic nitrogens is 1. The van der Waals surface area contributed by atoms with Crippen LogP contribution in [-0.2, 0) is 0 Å². The molecule has 1 aliphatic heterocycles. The minimum atomic E-state index is 0.711. The Balaban J connectivity index is 0.000000396. The topological polar surface area (TPSA) is 24.9 Å². The summed E-state index contributed by atoms with van der Waals surface area (Å²) in [6.07, 6.45) is 1.99. The van der Waals surface area contributed by atoms with Crippen LogP contribution in [0.4, 0.5) is 0 Å². The van der Waals surface area contributed by atoms with Crippen LogP contribution < -0.4 is 5.32 Å². The molecule has 0 unspecified atom stereocenters. The second-order valence-corrected chi connectivity index (χ2v) is 3.09. The number of hydrogen-bond donors (Lipinski definition) is 1. The van der Waals surface area contributed by atoms with Gasteiger partial charge in [-0.1, -0.05) is 19.9 Å². The van der Waals surface area contributed by atoms with Gasteiger partial charge in [-0.05, 0) is 18.6 Å². The molecular formula is C11H18N2. The summed E-state index contributed by atoms with van der Waals surface area (Å²) in [5, 5.41) is 3.25. The molecule has 2 heterocycles. The molecular weight excluding hydrogens is 160 g/mol. The first-order valence-electron chi connectivity index (χ1n) is 4.99. The van der Waals surface area contributed by atoms with E-state index >= 15 is 0 Å². The zero-order valence-corrected chi connectivity index (χ0v) is 8.67. The Hall–Kier alpha value is -0.890. The van der Waals surface area contributed by atoms with Gasteiger partial charge in [0, 0.05) is 30.9 Å². The number of aryl methyl sites for hydroxylation is 1.